The van der Waals surface area contributed by atoms with Gasteiger partial charge in [0.15, 0.2) is 11.6 Å². The molecular weight excluding hydrogens is 252 g/mol. The van der Waals surface area contributed by atoms with Crippen LogP contribution in [0.4, 0.5) is 5.82 Å². The van der Waals surface area contributed by atoms with Gasteiger partial charge in [0.25, 0.3) is 0 Å². The topological polar surface area (TPSA) is 52.0 Å². The minimum absolute atomic E-state index is 0.414. The van der Waals surface area contributed by atoms with Crippen molar-refractivity contribution in [2.75, 3.05) is 5.73 Å². The van der Waals surface area contributed by atoms with Gasteiger partial charge in [-0.2, -0.15) is 0 Å². The average Bonchev–Trinajstić information content (AvgIpc) is 2.61. The average molecular weight is 259 g/mol. The highest BCUT2D eigenvalue weighted by atomic mass is 79.9. The maximum atomic E-state index is 5.45. The second kappa shape index (κ2) is 3.16. The lowest BCUT2D eigenvalue weighted by Crippen LogP contribution is -1.79. The number of hydrogen-bond acceptors (Lipinski definition) is 4. The van der Waals surface area contributed by atoms with Crippen molar-refractivity contribution < 1.29 is 4.52 Å². The van der Waals surface area contributed by atoms with Crippen LogP contribution < -0.4 is 5.73 Å². The van der Waals surface area contributed by atoms with Crippen molar-refractivity contribution in [3.63, 3.8) is 0 Å². The Hall–Kier alpha value is -0.810. The Kier molecular flexibility index (Phi) is 2.13. The largest absolute Gasteiger partial charge is 0.381 e. The van der Waals surface area contributed by atoms with E-state index in [9.17, 15) is 0 Å². The molecule has 2 aromatic rings. The smallest absolute Gasteiger partial charge is 0.179 e. The molecule has 0 radical (unpaired) electrons. The highest BCUT2D eigenvalue weighted by Gasteiger charge is 2.09. The molecule has 0 aliphatic heterocycles. The number of hydrogen-bond donors (Lipinski definition) is 1. The molecule has 0 fully saturated rings. The standard InChI is InChI=1S/C8H7BrN2OS/c1-4-5(9)2-7(13-4)6-3-8(10)11-12-6/h2-3H,1H3,(H2,10,11). The molecule has 0 spiro atoms. The van der Waals surface area contributed by atoms with E-state index < -0.39 is 0 Å². The van der Waals surface area contributed by atoms with E-state index in [1.807, 2.05) is 13.0 Å². The summed E-state index contributed by atoms with van der Waals surface area (Å²) in [6.07, 6.45) is 0. The van der Waals surface area contributed by atoms with E-state index in [-0.39, 0.29) is 0 Å². The van der Waals surface area contributed by atoms with E-state index in [1.165, 1.54) is 4.88 Å². The molecule has 13 heavy (non-hydrogen) atoms. The summed E-state index contributed by atoms with van der Waals surface area (Å²) in [6, 6.07) is 3.72. The normalized spacial score (nSPS) is 10.6. The van der Waals surface area contributed by atoms with Crippen molar-refractivity contribution in [1.29, 1.82) is 0 Å². The molecule has 68 valence electrons. The molecule has 5 heteroatoms. The van der Waals surface area contributed by atoms with Crippen LogP contribution in [0.25, 0.3) is 10.6 Å². The molecule has 2 heterocycles. The zero-order valence-electron chi connectivity index (χ0n) is 6.87. The molecule has 0 aliphatic carbocycles. The van der Waals surface area contributed by atoms with Crippen molar-refractivity contribution in [1.82, 2.24) is 5.16 Å². The van der Waals surface area contributed by atoms with Crippen LogP contribution >= 0.6 is 27.3 Å². The zero-order valence-corrected chi connectivity index (χ0v) is 9.28. The van der Waals surface area contributed by atoms with Crippen molar-refractivity contribution in [3.05, 3.63) is 21.5 Å². The third kappa shape index (κ3) is 1.62. The number of nitrogens with zero attached hydrogens (tertiary/aromatic N) is 1. The summed E-state index contributed by atoms with van der Waals surface area (Å²) in [5.41, 5.74) is 5.45. The van der Waals surface area contributed by atoms with Crippen LogP contribution in [0.2, 0.25) is 0 Å². The van der Waals surface area contributed by atoms with Gasteiger partial charge in [-0.05, 0) is 28.9 Å². The Morgan fingerprint density at radius 3 is 2.77 bits per heavy atom. The first-order valence-corrected chi connectivity index (χ1v) is 5.26. The molecule has 0 atom stereocenters. The molecule has 0 amide bonds. The molecular formula is C8H7BrN2OS. The Morgan fingerprint density at radius 2 is 2.31 bits per heavy atom. The van der Waals surface area contributed by atoms with Gasteiger partial charge >= 0.3 is 0 Å². The van der Waals surface area contributed by atoms with Gasteiger partial charge < -0.3 is 10.3 Å². The quantitative estimate of drug-likeness (QED) is 0.856. The minimum atomic E-state index is 0.414. The van der Waals surface area contributed by atoms with Gasteiger partial charge in [-0.15, -0.1) is 11.3 Å². The summed E-state index contributed by atoms with van der Waals surface area (Å²) in [6.45, 7) is 2.04. The summed E-state index contributed by atoms with van der Waals surface area (Å²) in [5, 5.41) is 3.63. The Bertz CT molecular complexity index is 416. The fraction of sp³-hybridized carbons (Fsp3) is 0.125. The van der Waals surface area contributed by atoms with E-state index in [2.05, 4.69) is 21.1 Å². The number of anilines is 1. The fourth-order valence-electron chi connectivity index (χ4n) is 0.986. The number of aryl methyl sites for hydroxylation is 1. The molecule has 0 unspecified atom stereocenters. The molecule has 2 aromatic heterocycles. The number of nitrogen functional groups attached to an aromatic ring is 1. The molecule has 0 aliphatic rings. The Balaban J connectivity index is 2.46. The molecule has 0 aromatic carbocycles. The Labute approximate surface area is 87.7 Å². The van der Waals surface area contributed by atoms with Crippen LogP contribution in [0.3, 0.4) is 0 Å². The zero-order chi connectivity index (χ0) is 9.42. The van der Waals surface area contributed by atoms with Gasteiger partial charge in [0.1, 0.15) is 0 Å². The highest BCUT2D eigenvalue weighted by Crippen LogP contribution is 2.34. The first kappa shape index (κ1) is 8.77. The molecule has 2 rings (SSSR count). The van der Waals surface area contributed by atoms with Crippen LogP contribution in [0.1, 0.15) is 4.88 Å². The minimum Gasteiger partial charge on any atom is -0.381 e. The summed E-state index contributed by atoms with van der Waals surface area (Å²) >= 11 is 5.08. The van der Waals surface area contributed by atoms with Gasteiger partial charge in [0, 0.05) is 15.4 Å². The summed E-state index contributed by atoms with van der Waals surface area (Å²) in [5.74, 6) is 1.13. The van der Waals surface area contributed by atoms with Crippen LogP contribution in [0.15, 0.2) is 21.1 Å². The lowest BCUT2D eigenvalue weighted by molar-refractivity contribution is 0.436. The lowest BCUT2D eigenvalue weighted by Gasteiger charge is -1.83. The van der Waals surface area contributed by atoms with Gasteiger partial charge in [-0.25, -0.2) is 0 Å². The summed E-state index contributed by atoms with van der Waals surface area (Å²) in [7, 11) is 0. The van der Waals surface area contributed by atoms with Gasteiger partial charge in [-0.3, -0.25) is 0 Å². The maximum Gasteiger partial charge on any atom is 0.179 e. The van der Waals surface area contributed by atoms with Gasteiger partial charge in [0.05, 0.1) is 4.88 Å². The summed E-state index contributed by atoms with van der Waals surface area (Å²) in [4.78, 5) is 2.25. The molecule has 0 bridgehead atoms. The van der Waals surface area contributed by atoms with Crippen molar-refractivity contribution in [3.8, 4) is 10.6 Å². The SMILES string of the molecule is Cc1sc(-c2cc(N)no2)cc1Br. The number of thiophene rings is 1. The Morgan fingerprint density at radius 1 is 1.54 bits per heavy atom. The number of halogens is 1. The van der Waals surface area contributed by atoms with Crippen LogP contribution in [-0.4, -0.2) is 5.16 Å². The van der Waals surface area contributed by atoms with Crippen LogP contribution in [-0.2, 0) is 0 Å². The van der Waals surface area contributed by atoms with Crippen LogP contribution in [0.5, 0.6) is 0 Å². The number of aromatic nitrogens is 1. The van der Waals surface area contributed by atoms with E-state index in [0.717, 1.165) is 15.1 Å². The highest BCUT2D eigenvalue weighted by molar-refractivity contribution is 9.10. The molecule has 0 saturated carbocycles. The van der Waals surface area contributed by atoms with E-state index in [1.54, 1.807) is 17.4 Å². The second-order valence-corrected chi connectivity index (χ2v) is 4.74. The van der Waals surface area contributed by atoms with Crippen LogP contribution in [0, 0.1) is 6.92 Å². The first-order chi connectivity index (χ1) is 6.16. The third-order valence-corrected chi connectivity index (χ3v) is 3.78. The predicted molar refractivity (Wildman–Crippen MR) is 56.7 cm³/mol. The van der Waals surface area contributed by atoms with Crippen molar-refractivity contribution >= 4 is 33.1 Å². The van der Waals surface area contributed by atoms with E-state index in [0.29, 0.717) is 5.82 Å². The number of nitrogens with two attached hydrogens (primary N) is 1. The van der Waals surface area contributed by atoms with Crippen molar-refractivity contribution in [2.45, 2.75) is 6.92 Å². The van der Waals surface area contributed by atoms with E-state index in [4.69, 9.17) is 10.3 Å². The second-order valence-electron chi connectivity index (χ2n) is 2.63. The van der Waals surface area contributed by atoms with Gasteiger partial charge in [-0.1, -0.05) is 5.16 Å². The monoisotopic (exact) mass is 258 g/mol. The maximum absolute atomic E-state index is 5.45. The van der Waals surface area contributed by atoms with Crippen molar-refractivity contribution in [2.24, 2.45) is 0 Å². The van der Waals surface area contributed by atoms with Gasteiger partial charge in [0.2, 0.25) is 0 Å². The molecule has 3 nitrogen and oxygen atoms in total. The molecule has 2 N–H and O–H groups in total. The summed E-state index contributed by atoms with van der Waals surface area (Å²) < 4.78 is 6.12. The predicted octanol–water partition coefficient (Wildman–Crippen LogP) is 3.06. The number of rotatable bonds is 1. The molecule has 0 saturated heterocycles. The van der Waals surface area contributed by atoms with E-state index >= 15 is 0 Å². The first-order valence-electron chi connectivity index (χ1n) is 3.65. The third-order valence-electron chi connectivity index (χ3n) is 1.63. The lowest BCUT2D eigenvalue weighted by atomic mass is 10.3. The fourth-order valence-corrected chi connectivity index (χ4v) is 2.47.